The molecule has 2 aliphatic heterocycles. The van der Waals surface area contributed by atoms with E-state index in [2.05, 4.69) is 104 Å². The van der Waals surface area contributed by atoms with Crippen LogP contribution in [0.15, 0.2) is 60.7 Å². The molecule has 5 nitrogen and oxygen atoms in total. The fourth-order valence-corrected chi connectivity index (χ4v) is 7.92. The molecule has 0 saturated carbocycles. The fraction of sp³-hybridized carbons (Fsp3) is 0.537. The number of carbonyl (C=O) groups excluding carboxylic acids is 1. The van der Waals surface area contributed by atoms with Crippen molar-refractivity contribution in [2.24, 2.45) is 11.8 Å². The summed E-state index contributed by atoms with van der Waals surface area (Å²) in [6.07, 6.45) is 5.00. The second-order valence-electron chi connectivity index (χ2n) is 15.4. The van der Waals surface area contributed by atoms with Gasteiger partial charge in [0.05, 0.1) is 0 Å². The van der Waals surface area contributed by atoms with E-state index < -0.39 is 8.32 Å². The van der Waals surface area contributed by atoms with E-state index in [9.17, 15) is 9.18 Å². The molecule has 0 aliphatic carbocycles. The Labute approximate surface area is 289 Å². The molecule has 1 unspecified atom stereocenters. The molecule has 2 fully saturated rings. The third-order valence-electron chi connectivity index (χ3n) is 11.1. The topological polar surface area (TPSA) is 44.8 Å². The van der Waals surface area contributed by atoms with Crippen molar-refractivity contribution in [2.45, 2.75) is 90.5 Å². The van der Waals surface area contributed by atoms with Gasteiger partial charge in [0.1, 0.15) is 5.82 Å². The van der Waals surface area contributed by atoms with E-state index in [1.54, 1.807) is 6.07 Å². The number of carbonyl (C=O) groups is 1. The highest BCUT2D eigenvalue weighted by molar-refractivity contribution is 6.74. The standard InChI is InChI=1S/C41H56FN3O2Si/c1-31(45-26-21-35(22-27-45)40(46)43-30-33-11-9-12-36(42)29-33)37-18-17-34(38-13-7-8-14-39(37)38)16-15-32-19-24-44(25-20-32)23-10-28-47-48(5,6)41(2,3)4/h7-9,11-14,17-18,29,31-32,35H,10,19-28,30H2,1-6H3,(H,43,46). The highest BCUT2D eigenvalue weighted by atomic mass is 28.4. The minimum absolute atomic E-state index is 0.00960. The van der Waals surface area contributed by atoms with Crippen LogP contribution in [0.25, 0.3) is 10.8 Å². The third-order valence-corrected chi connectivity index (χ3v) is 15.6. The summed E-state index contributed by atoms with van der Waals surface area (Å²) < 4.78 is 19.9. The molecule has 258 valence electrons. The lowest BCUT2D eigenvalue weighted by atomic mass is 9.91. The van der Waals surface area contributed by atoms with Gasteiger partial charge in [0.25, 0.3) is 0 Å². The Kier molecular flexibility index (Phi) is 12.2. The molecule has 1 amide bonds. The van der Waals surface area contributed by atoms with Gasteiger partial charge in [0, 0.05) is 43.1 Å². The van der Waals surface area contributed by atoms with Crippen LogP contribution in [0.2, 0.25) is 18.1 Å². The predicted octanol–water partition coefficient (Wildman–Crippen LogP) is 8.54. The molecule has 7 heteroatoms. The molecular weight excluding hydrogens is 614 g/mol. The van der Waals surface area contributed by atoms with Gasteiger partial charge < -0.3 is 14.6 Å². The number of rotatable bonds is 10. The maximum Gasteiger partial charge on any atom is 0.223 e. The monoisotopic (exact) mass is 669 g/mol. The lowest BCUT2D eigenvalue weighted by Gasteiger charge is -2.36. The van der Waals surface area contributed by atoms with Crippen molar-refractivity contribution in [2.75, 3.05) is 39.3 Å². The van der Waals surface area contributed by atoms with Gasteiger partial charge in [-0.15, -0.1) is 0 Å². The second kappa shape index (κ2) is 16.1. The lowest BCUT2D eigenvalue weighted by molar-refractivity contribution is -0.126. The molecule has 0 aromatic heterocycles. The van der Waals surface area contributed by atoms with Crippen LogP contribution in [0.3, 0.4) is 0 Å². The summed E-state index contributed by atoms with van der Waals surface area (Å²) >= 11 is 0. The summed E-state index contributed by atoms with van der Waals surface area (Å²) in [5, 5.41) is 5.77. The first-order chi connectivity index (χ1) is 22.9. The van der Waals surface area contributed by atoms with Gasteiger partial charge in [-0.1, -0.05) is 75.1 Å². The van der Waals surface area contributed by atoms with Gasteiger partial charge in [-0.25, -0.2) is 4.39 Å². The lowest BCUT2D eigenvalue weighted by Crippen LogP contribution is -2.41. The zero-order valence-corrected chi connectivity index (χ0v) is 31.1. The number of piperidine rings is 2. The highest BCUT2D eigenvalue weighted by Crippen LogP contribution is 2.37. The molecular formula is C41H56FN3O2Si. The van der Waals surface area contributed by atoms with Gasteiger partial charge in [-0.3, -0.25) is 9.69 Å². The molecule has 0 spiro atoms. The molecule has 1 atom stereocenters. The first-order valence-corrected chi connectivity index (χ1v) is 21.0. The maximum absolute atomic E-state index is 13.5. The number of halogens is 1. The molecule has 3 aromatic rings. The Bertz CT molecular complexity index is 1590. The van der Waals surface area contributed by atoms with Crippen molar-refractivity contribution < 1.29 is 13.6 Å². The Morgan fingerprint density at radius 2 is 1.69 bits per heavy atom. The van der Waals surface area contributed by atoms with Crippen molar-refractivity contribution >= 4 is 25.0 Å². The van der Waals surface area contributed by atoms with Crippen LogP contribution in [0.5, 0.6) is 0 Å². The van der Waals surface area contributed by atoms with Crippen molar-refractivity contribution in [3.05, 3.63) is 83.2 Å². The van der Waals surface area contributed by atoms with Crippen LogP contribution in [0.1, 0.15) is 82.5 Å². The summed E-state index contributed by atoms with van der Waals surface area (Å²) in [4.78, 5) is 18.0. The van der Waals surface area contributed by atoms with Gasteiger partial charge >= 0.3 is 0 Å². The highest BCUT2D eigenvalue weighted by Gasteiger charge is 2.37. The minimum atomic E-state index is -1.66. The zero-order valence-electron chi connectivity index (χ0n) is 30.1. The predicted molar refractivity (Wildman–Crippen MR) is 199 cm³/mol. The number of amides is 1. The van der Waals surface area contributed by atoms with Crippen LogP contribution in [-0.4, -0.2) is 63.4 Å². The third kappa shape index (κ3) is 9.35. The van der Waals surface area contributed by atoms with Crippen LogP contribution in [0.4, 0.5) is 4.39 Å². The summed E-state index contributed by atoms with van der Waals surface area (Å²) in [5.74, 6) is 7.45. The molecule has 48 heavy (non-hydrogen) atoms. The Morgan fingerprint density at radius 1 is 0.979 bits per heavy atom. The van der Waals surface area contributed by atoms with E-state index in [0.717, 1.165) is 82.6 Å². The van der Waals surface area contributed by atoms with Gasteiger partial charge in [-0.05, 0) is 123 Å². The molecule has 0 bridgehead atoms. The summed E-state index contributed by atoms with van der Waals surface area (Å²) in [6, 6.07) is 19.8. The Balaban J connectivity index is 1.12. The fourth-order valence-electron chi connectivity index (χ4n) is 6.83. The zero-order chi connectivity index (χ0) is 34.3. The molecule has 1 N–H and O–H groups in total. The van der Waals surface area contributed by atoms with E-state index in [0.29, 0.717) is 12.5 Å². The summed E-state index contributed by atoms with van der Waals surface area (Å²) in [6.45, 7) is 20.2. The van der Waals surface area contributed by atoms with E-state index >= 15 is 0 Å². The summed E-state index contributed by atoms with van der Waals surface area (Å²) in [7, 11) is -1.66. The van der Waals surface area contributed by atoms with E-state index in [-0.39, 0.29) is 28.7 Å². The molecule has 5 rings (SSSR count). The average molecular weight is 670 g/mol. The first-order valence-electron chi connectivity index (χ1n) is 18.1. The van der Waals surface area contributed by atoms with E-state index in [4.69, 9.17) is 4.43 Å². The number of likely N-dealkylation sites (tertiary alicyclic amines) is 2. The SMILES string of the molecule is CC(c1ccc(C#CC2CCN(CCCO[Si](C)(C)C(C)(C)C)CC2)c2ccccc12)N1CCC(C(=O)NCc2cccc(F)c2)CC1. The van der Waals surface area contributed by atoms with Gasteiger partial charge in [0.2, 0.25) is 5.91 Å². The van der Waals surface area contributed by atoms with E-state index in [1.165, 1.54) is 28.5 Å². The number of hydrogen-bond acceptors (Lipinski definition) is 4. The van der Waals surface area contributed by atoms with Crippen LogP contribution in [0, 0.1) is 29.5 Å². The molecule has 2 aliphatic rings. The number of nitrogens with zero attached hydrogens (tertiary/aromatic N) is 2. The quantitative estimate of drug-likeness (QED) is 0.134. The average Bonchev–Trinajstić information content (AvgIpc) is 3.08. The van der Waals surface area contributed by atoms with Crippen LogP contribution in [-0.2, 0) is 15.8 Å². The van der Waals surface area contributed by atoms with Crippen molar-refractivity contribution in [1.29, 1.82) is 0 Å². The van der Waals surface area contributed by atoms with Crippen molar-refractivity contribution in [3.63, 3.8) is 0 Å². The molecule has 2 saturated heterocycles. The largest absolute Gasteiger partial charge is 0.417 e. The molecule has 0 radical (unpaired) electrons. The summed E-state index contributed by atoms with van der Waals surface area (Å²) in [5.41, 5.74) is 3.21. The number of benzene rings is 3. The maximum atomic E-state index is 13.5. The Morgan fingerprint density at radius 3 is 2.38 bits per heavy atom. The van der Waals surface area contributed by atoms with Crippen molar-refractivity contribution in [3.8, 4) is 11.8 Å². The van der Waals surface area contributed by atoms with E-state index in [1.807, 2.05) is 6.07 Å². The van der Waals surface area contributed by atoms with Gasteiger partial charge in [0.15, 0.2) is 8.32 Å². The smallest absolute Gasteiger partial charge is 0.223 e. The number of hydrogen-bond donors (Lipinski definition) is 1. The second-order valence-corrected chi connectivity index (χ2v) is 20.2. The Hall–Kier alpha value is -3.02. The van der Waals surface area contributed by atoms with Crippen LogP contribution < -0.4 is 5.32 Å². The first kappa shape index (κ1) is 36.3. The number of nitrogens with one attached hydrogen (secondary N) is 1. The van der Waals surface area contributed by atoms with Crippen LogP contribution >= 0.6 is 0 Å². The van der Waals surface area contributed by atoms with Crippen molar-refractivity contribution in [1.82, 2.24) is 15.1 Å². The molecule has 3 aromatic carbocycles. The minimum Gasteiger partial charge on any atom is -0.417 e. The molecule has 2 heterocycles. The number of fused-ring (bicyclic) bond motifs is 1. The van der Waals surface area contributed by atoms with Gasteiger partial charge in [-0.2, -0.15) is 0 Å². The normalized spacial score (nSPS) is 18.0.